The molecular weight excluding hydrogens is 336 g/mol. The molecule has 1 unspecified atom stereocenters. The van der Waals surface area contributed by atoms with Crippen molar-refractivity contribution < 1.29 is 13.2 Å². The molecule has 1 aliphatic heterocycles. The molecule has 2 heterocycles. The van der Waals surface area contributed by atoms with E-state index in [-0.39, 0.29) is 6.04 Å². The predicted molar refractivity (Wildman–Crippen MR) is 94.9 cm³/mol. The number of hydrogen-bond acceptors (Lipinski definition) is 5. The number of nitrogens with one attached hydrogen (secondary N) is 1. The first-order valence-electron chi connectivity index (χ1n) is 8.60. The SMILES string of the molecule is CC1(C)Oc2cccc(C(NCc3ccccn3)C3CC3)c2S1(=O)=O. The van der Waals surface area contributed by atoms with Gasteiger partial charge in [0.05, 0.1) is 5.69 Å². The van der Waals surface area contributed by atoms with Crippen LogP contribution in [0.5, 0.6) is 5.75 Å². The number of ether oxygens (including phenoxy) is 1. The van der Waals surface area contributed by atoms with E-state index in [9.17, 15) is 8.42 Å². The summed E-state index contributed by atoms with van der Waals surface area (Å²) in [6.45, 7) is 3.83. The Labute approximate surface area is 148 Å². The Balaban J connectivity index is 1.70. The van der Waals surface area contributed by atoms with Crippen LogP contribution in [-0.2, 0) is 16.4 Å². The maximum absolute atomic E-state index is 13.0. The van der Waals surface area contributed by atoms with E-state index in [2.05, 4.69) is 10.3 Å². The van der Waals surface area contributed by atoms with Gasteiger partial charge in [0.15, 0.2) is 0 Å². The summed E-state index contributed by atoms with van der Waals surface area (Å²) >= 11 is 0. The molecule has 0 bridgehead atoms. The fourth-order valence-electron chi connectivity index (χ4n) is 3.39. The number of fused-ring (bicyclic) bond motifs is 1. The van der Waals surface area contributed by atoms with Crippen LogP contribution in [0.2, 0.25) is 0 Å². The summed E-state index contributed by atoms with van der Waals surface area (Å²) in [4.78, 5) is 3.47. The second-order valence-electron chi connectivity index (χ2n) is 7.20. The van der Waals surface area contributed by atoms with Crippen molar-refractivity contribution in [1.29, 1.82) is 0 Å². The van der Waals surface area contributed by atoms with Crippen molar-refractivity contribution in [2.75, 3.05) is 0 Å². The molecule has 4 rings (SSSR count). The third kappa shape index (κ3) is 2.83. The number of nitrogens with zero attached hydrogens (tertiary/aromatic N) is 1. The molecule has 1 saturated carbocycles. The lowest BCUT2D eigenvalue weighted by atomic mass is 10.0. The summed E-state index contributed by atoms with van der Waals surface area (Å²) in [5.41, 5.74) is 1.77. The fraction of sp³-hybridized carbons (Fsp3) is 0.421. The fourth-order valence-corrected chi connectivity index (χ4v) is 4.96. The molecule has 1 atom stereocenters. The minimum atomic E-state index is -3.53. The molecule has 2 aliphatic rings. The molecule has 1 aromatic heterocycles. The van der Waals surface area contributed by atoms with Gasteiger partial charge >= 0.3 is 0 Å². The molecule has 0 saturated heterocycles. The van der Waals surface area contributed by atoms with Gasteiger partial charge in [-0.2, -0.15) is 0 Å². The molecule has 5 nitrogen and oxygen atoms in total. The van der Waals surface area contributed by atoms with Gasteiger partial charge in [-0.3, -0.25) is 4.98 Å². The summed E-state index contributed by atoms with van der Waals surface area (Å²) in [5, 5.41) is 3.53. The Morgan fingerprint density at radius 2 is 2.04 bits per heavy atom. The van der Waals surface area contributed by atoms with Crippen molar-refractivity contribution in [1.82, 2.24) is 10.3 Å². The lowest BCUT2D eigenvalue weighted by Gasteiger charge is -2.21. The highest BCUT2D eigenvalue weighted by atomic mass is 32.2. The van der Waals surface area contributed by atoms with Gasteiger partial charge in [0.1, 0.15) is 10.6 Å². The van der Waals surface area contributed by atoms with Crippen LogP contribution in [0.15, 0.2) is 47.5 Å². The van der Waals surface area contributed by atoms with Crippen LogP contribution in [0.4, 0.5) is 0 Å². The standard InChI is InChI=1S/C19H22N2O3S/c1-19(2)24-16-8-5-7-15(18(16)25(19,22)23)17(13-9-10-13)21-12-14-6-3-4-11-20-14/h3-8,11,13,17,21H,9-10,12H2,1-2H3. The monoisotopic (exact) mass is 358 g/mol. The van der Waals surface area contributed by atoms with Gasteiger partial charge in [-0.1, -0.05) is 18.2 Å². The van der Waals surface area contributed by atoms with Crippen molar-refractivity contribution in [3.05, 3.63) is 53.9 Å². The highest BCUT2D eigenvalue weighted by molar-refractivity contribution is 7.93. The van der Waals surface area contributed by atoms with Crippen molar-refractivity contribution in [3.63, 3.8) is 0 Å². The van der Waals surface area contributed by atoms with Gasteiger partial charge in [0.2, 0.25) is 14.8 Å². The molecule has 6 heteroatoms. The van der Waals surface area contributed by atoms with Crippen LogP contribution in [0, 0.1) is 5.92 Å². The maximum Gasteiger partial charge on any atom is 0.222 e. The third-order valence-electron chi connectivity index (χ3n) is 4.94. The number of sulfone groups is 1. The summed E-state index contributed by atoms with van der Waals surface area (Å²) in [6.07, 6.45) is 3.98. The molecule has 1 aliphatic carbocycles. The minimum Gasteiger partial charge on any atom is -0.470 e. The number of rotatable bonds is 5. The Kier molecular flexibility index (Phi) is 3.85. The summed E-state index contributed by atoms with van der Waals surface area (Å²) < 4.78 is 31.7. The first-order valence-corrected chi connectivity index (χ1v) is 10.1. The van der Waals surface area contributed by atoms with Crippen LogP contribution >= 0.6 is 0 Å². The number of aromatic nitrogens is 1. The third-order valence-corrected chi connectivity index (χ3v) is 7.29. The van der Waals surface area contributed by atoms with E-state index in [1.54, 1.807) is 26.1 Å². The average Bonchev–Trinajstić information content (AvgIpc) is 3.37. The van der Waals surface area contributed by atoms with E-state index in [0.29, 0.717) is 23.1 Å². The quantitative estimate of drug-likeness (QED) is 0.889. The van der Waals surface area contributed by atoms with Gasteiger partial charge in [-0.15, -0.1) is 0 Å². The van der Waals surface area contributed by atoms with Crippen molar-refractivity contribution in [2.45, 2.75) is 49.1 Å². The summed E-state index contributed by atoms with van der Waals surface area (Å²) in [5.74, 6) is 0.918. The smallest absolute Gasteiger partial charge is 0.222 e. The van der Waals surface area contributed by atoms with Crippen LogP contribution in [-0.4, -0.2) is 18.3 Å². The predicted octanol–water partition coefficient (Wildman–Crippen LogP) is 3.22. The van der Waals surface area contributed by atoms with Crippen LogP contribution in [0.25, 0.3) is 0 Å². The zero-order chi connectivity index (χ0) is 17.7. The molecule has 1 fully saturated rings. The lowest BCUT2D eigenvalue weighted by molar-refractivity contribution is 0.204. The van der Waals surface area contributed by atoms with Gasteiger partial charge in [0, 0.05) is 18.8 Å². The van der Waals surface area contributed by atoms with Gasteiger partial charge in [-0.05, 0) is 56.4 Å². The Morgan fingerprint density at radius 3 is 2.72 bits per heavy atom. The zero-order valence-electron chi connectivity index (χ0n) is 14.4. The first-order chi connectivity index (χ1) is 11.9. The highest BCUT2D eigenvalue weighted by Crippen LogP contribution is 2.49. The Bertz CT molecular complexity index is 890. The average molecular weight is 358 g/mol. The molecule has 0 spiro atoms. The second kappa shape index (κ2) is 5.81. The van der Waals surface area contributed by atoms with Crippen LogP contribution in [0.1, 0.15) is 44.0 Å². The van der Waals surface area contributed by atoms with Gasteiger partial charge < -0.3 is 10.1 Å². The molecule has 25 heavy (non-hydrogen) atoms. The molecular formula is C19H22N2O3S. The Hall–Kier alpha value is -1.92. The molecule has 1 N–H and O–H groups in total. The van der Waals surface area contributed by atoms with Crippen LogP contribution < -0.4 is 10.1 Å². The van der Waals surface area contributed by atoms with Gasteiger partial charge in [0.25, 0.3) is 0 Å². The van der Waals surface area contributed by atoms with Crippen LogP contribution in [0.3, 0.4) is 0 Å². The molecule has 1 aromatic carbocycles. The number of pyridine rings is 1. The lowest BCUT2D eigenvalue weighted by Crippen LogP contribution is -2.33. The van der Waals surface area contributed by atoms with Crippen molar-refractivity contribution >= 4 is 9.84 Å². The highest BCUT2D eigenvalue weighted by Gasteiger charge is 2.49. The minimum absolute atomic E-state index is 0.00997. The van der Waals surface area contributed by atoms with Crippen molar-refractivity contribution in [2.24, 2.45) is 5.92 Å². The molecule has 0 amide bonds. The molecule has 2 aromatic rings. The zero-order valence-corrected chi connectivity index (χ0v) is 15.2. The van der Waals surface area contributed by atoms with E-state index in [4.69, 9.17) is 4.74 Å². The Morgan fingerprint density at radius 1 is 1.24 bits per heavy atom. The van der Waals surface area contributed by atoms with Gasteiger partial charge in [-0.25, -0.2) is 8.42 Å². The molecule has 132 valence electrons. The summed E-state index contributed by atoms with van der Waals surface area (Å²) in [7, 11) is -3.53. The largest absolute Gasteiger partial charge is 0.470 e. The first kappa shape index (κ1) is 16.5. The van der Waals surface area contributed by atoms with E-state index < -0.39 is 14.8 Å². The van der Waals surface area contributed by atoms with E-state index in [1.165, 1.54) is 0 Å². The number of hydrogen-bond donors (Lipinski definition) is 1. The normalized spacial score (nSPS) is 21.4. The summed E-state index contributed by atoms with van der Waals surface area (Å²) in [6, 6.07) is 11.3. The van der Waals surface area contributed by atoms with E-state index >= 15 is 0 Å². The molecule has 0 radical (unpaired) electrons. The van der Waals surface area contributed by atoms with Crippen molar-refractivity contribution in [3.8, 4) is 5.75 Å². The van der Waals surface area contributed by atoms with E-state index in [1.807, 2.05) is 30.3 Å². The second-order valence-corrected chi connectivity index (χ2v) is 9.60. The number of benzene rings is 1. The topological polar surface area (TPSA) is 68.3 Å². The maximum atomic E-state index is 13.0. The van der Waals surface area contributed by atoms with E-state index in [0.717, 1.165) is 24.1 Å².